The highest BCUT2D eigenvalue weighted by atomic mass is 15.3. The van der Waals surface area contributed by atoms with E-state index >= 15 is 0 Å². The van der Waals surface area contributed by atoms with Gasteiger partial charge in [0.15, 0.2) is 0 Å². The van der Waals surface area contributed by atoms with Crippen molar-refractivity contribution in [2.75, 3.05) is 33.2 Å². The number of hydrogen-bond acceptors (Lipinski definition) is 3. The van der Waals surface area contributed by atoms with E-state index in [0.29, 0.717) is 0 Å². The van der Waals surface area contributed by atoms with Gasteiger partial charge in [-0.15, -0.1) is 0 Å². The van der Waals surface area contributed by atoms with Gasteiger partial charge in [0, 0.05) is 24.7 Å². The summed E-state index contributed by atoms with van der Waals surface area (Å²) >= 11 is 0. The van der Waals surface area contributed by atoms with Gasteiger partial charge in [-0.3, -0.25) is 9.80 Å². The average Bonchev–Trinajstić information content (AvgIpc) is 2.89. The van der Waals surface area contributed by atoms with Crippen LogP contribution in [0.4, 0.5) is 0 Å². The molecule has 1 aliphatic heterocycles. The van der Waals surface area contributed by atoms with E-state index in [1.165, 1.54) is 51.7 Å². The van der Waals surface area contributed by atoms with Gasteiger partial charge in [-0.05, 0) is 64.1 Å². The molecule has 118 valence electrons. The van der Waals surface area contributed by atoms with Crippen LogP contribution >= 0.6 is 0 Å². The summed E-state index contributed by atoms with van der Waals surface area (Å²) in [5.41, 5.74) is 6.49. The monoisotopic (exact) mass is 281 g/mol. The van der Waals surface area contributed by atoms with Crippen molar-refractivity contribution in [3.8, 4) is 0 Å². The molecule has 0 spiro atoms. The lowest BCUT2D eigenvalue weighted by atomic mass is 9.70. The first kappa shape index (κ1) is 16.3. The fourth-order valence-electron chi connectivity index (χ4n) is 4.40. The molecule has 0 aromatic carbocycles. The third-order valence-corrected chi connectivity index (χ3v) is 6.32. The molecule has 0 aromatic heterocycles. The molecule has 0 aromatic rings. The van der Waals surface area contributed by atoms with Crippen molar-refractivity contribution >= 4 is 0 Å². The number of nitrogens with two attached hydrogens (primary N) is 1. The minimum Gasteiger partial charge on any atom is -0.329 e. The van der Waals surface area contributed by atoms with Gasteiger partial charge < -0.3 is 5.73 Å². The van der Waals surface area contributed by atoms with Crippen LogP contribution in [0.2, 0.25) is 0 Å². The Bertz CT molecular complexity index is 307. The van der Waals surface area contributed by atoms with Crippen LogP contribution in [0.25, 0.3) is 0 Å². The van der Waals surface area contributed by atoms with Crippen molar-refractivity contribution in [3.63, 3.8) is 0 Å². The van der Waals surface area contributed by atoms with Crippen molar-refractivity contribution in [1.82, 2.24) is 9.80 Å². The predicted octanol–water partition coefficient (Wildman–Crippen LogP) is 2.56. The highest BCUT2D eigenvalue weighted by molar-refractivity contribution is 4.98. The Labute approximate surface area is 125 Å². The molecule has 2 aliphatic rings. The zero-order valence-electron chi connectivity index (χ0n) is 14.1. The maximum absolute atomic E-state index is 6.23. The Kier molecular flexibility index (Phi) is 5.49. The van der Waals surface area contributed by atoms with Crippen molar-refractivity contribution in [2.24, 2.45) is 17.6 Å². The van der Waals surface area contributed by atoms with Crippen molar-refractivity contribution in [2.45, 2.75) is 64.5 Å². The summed E-state index contributed by atoms with van der Waals surface area (Å²) in [6, 6.07) is 0.753. The van der Waals surface area contributed by atoms with E-state index < -0.39 is 0 Å². The summed E-state index contributed by atoms with van der Waals surface area (Å²) in [6.45, 7) is 11.6. The first-order chi connectivity index (χ1) is 9.52. The van der Waals surface area contributed by atoms with Gasteiger partial charge in [0.05, 0.1) is 0 Å². The lowest BCUT2D eigenvalue weighted by Gasteiger charge is -2.49. The number of likely N-dealkylation sites (N-methyl/N-ethyl adjacent to an activating group) is 2. The van der Waals surface area contributed by atoms with Gasteiger partial charge >= 0.3 is 0 Å². The van der Waals surface area contributed by atoms with Crippen molar-refractivity contribution in [1.29, 1.82) is 0 Å². The largest absolute Gasteiger partial charge is 0.329 e. The second-order valence-corrected chi connectivity index (χ2v) is 7.43. The van der Waals surface area contributed by atoms with Gasteiger partial charge in [0.2, 0.25) is 0 Å². The molecule has 1 heterocycles. The molecule has 3 heteroatoms. The van der Waals surface area contributed by atoms with Crippen molar-refractivity contribution in [3.05, 3.63) is 0 Å². The molecule has 2 N–H and O–H groups in total. The highest BCUT2D eigenvalue weighted by Gasteiger charge is 2.41. The number of likely N-dealkylation sites (tertiary alicyclic amines) is 1. The van der Waals surface area contributed by atoms with E-state index in [0.717, 1.165) is 24.4 Å². The summed E-state index contributed by atoms with van der Waals surface area (Å²) < 4.78 is 0. The third-order valence-electron chi connectivity index (χ3n) is 6.32. The van der Waals surface area contributed by atoms with Crippen LogP contribution in [0.1, 0.15) is 52.9 Å². The van der Waals surface area contributed by atoms with E-state index in [4.69, 9.17) is 5.73 Å². The predicted molar refractivity (Wildman–Crippen MR) is 86.9 cm³/mol. The lowest BCUT2D eigenvalue weighted by Crippen LogP contribution is -2.58. The summed E-state index contributed by atoms with van der Waals surface area (Å²) in [5, 5.41) is 0. The van der Waals surface area contributed by atoms with Crippen LogP contribution < -0.4 is 5.73 Å². The third kappa shape index (κ3) is 3.20. The van der Waals surface area contributed by atoms with E-state index in [-0.39, 0.29) is 5.54 Å². The van der Waals surface area contributed by atoms with Crippen LogP contribution in [0.15, 0.2) is 0 Å². The van der Waals surface area contributed by atoms with Gasteiger partial charge in [-0.25, -0.2) is 0 Å². The smallest absolute Gasteiger partial charge is 0.0332 e. The minimum absolute atomic E-state index is 0.258. The van der Waals surface area contributed by atoms with Gasteiger partial charge in [0.25, 0.3) is 0 Å². The molecular formula is C17H35N3. The Morgan fingerprint density at radius 3 is 2.60 bits per heavy atom. The lowest BCUT2D eigenvalue weighted by molar-refractivity contribution is 0.0251. The van der Waals surface area contributed by atoms with Crippen LogP contribution in [-0.2, 0) is 0 Å². The van der Waals surface area contributed by atoms with Gasteiger partial charge in [0.1, 0.15) is 0 Å². The SMILES string of the molecule is CCN1CCCC1CN(C)C1(CN)CCC(C)C(C)C1. The summed E-state index contributed by atoms with van der Waals surface area (Å²) in [6.07, 6.45) is 6.63. The molecule has 3 nitrogen and oxygen atoms in total. The molecule has 1 saturated carbocycles. The maximum Gasteiger partial charge on any atom is 0.0332 e. The Morgan fingerprint density at radius 2 is 2.00 bits per heavy atom. The summed E-state index contributed by atoms with van der Waals surface area (Å²) in [5.74, 6) is 1.67. The van der Waals surface area contributed by atoms with E-state index in [1.807, 2.05) is 0 Å². The molecule has 4 unspecified atom stereocenters. The molecule has 1 saturated heterocycles. The quantitative estimate of drug-likeness (QED) is 0.840. The van der Waals surface area contributed by atoms with E-state index in [9.17, 15) is 0 Å². The molecule has 0 bridgehead atoms. The van der Waals surface area contributed by atoms with Crippen LogP contribution in [0.5, 0.6) is 0 Å². The first-order valence-electron chi connectivity index (χ1n) is 8.67. The van der Waals surface area contributed by atoms with Crippen LogP contribution in [0.3, 0.4) is 0 Å². The van der Waals surface area contributed by atoms with Crippen LogP contribution in [-0.4, -0.2) is 54.6 Å². The Balaban J connectivity index is 2.00. The van der Waals surface area contributed by atoms with Crippen molar-refractivity contribution < 1.29 is 0 Å². The van der Waals surface area contributed by atoms with Crippen LogP contribution in [0, 0.1) is 11.8 Å². The molecule has 0 amide bonds. The first-order valence-corrected chi connectivity index (χ1v) is 8.67. The molecular weight excluding hydrogens is 246 g/mol. The Hall–Kier alpha value is -0.120. The molecule has 1 aliphatic carbocycles. The second-order valence-electron chi connectivity index (χ2n) is 7.43. The number of hydrogen-bond donors (Lipinski definition) is 1. The molecule has 20 heavy (non-hydrogen) atoms. The normalized spacial score (nSPS) is 39.6. The molecule has 4 atom stereocenters. The zero-order valence-corrected chi connectivity index (χ0v) is 14.1. The number of rotatable bonds is 5. The van der Waals surface area contributed by atoms with Gasteiger partial charge in [-0.2, -0.15) is 0 Å². The topological polar surface area (TPSA) is 32.5 Å². The minimum atomic E-state index is 0.258. The highest BCUT2D eigenvalue weighted by Crippen LogP contribution is 2.39. The fourth-order valence-corrected chi connectivity index (χ4v) is 4.40. The maximum atomic E-state index is 6.23. The average molecular weight is 281 g/mol. The number of nitrogens with zero attached hydrogens (tertiary/aromatic N) is 2. The van der Waals surface area contributed by atoms with E-state index in [2.05, 4.69) is 37.6 Å². The molecule has 0 radical (unpaired) electrons. The summed E-state index contributed by atoms with van der Waals surface area (Å²) in [4.78, 5) is 5.27. The molecule has 2 fully saturated rings. The summed E-state index contributed by atoms with van der Waals surface area (Å²) in [7, 11) is 2.32. The van der Waals surface area contributed by atoms with Gasteiger partial charge in [-0.1, -0.05) is 20.8 Å². The zero-order chi connectivity index (χ0) is 14.8. The standard InChI is InChI=1S/C17H35N3/c1-5-20-10-6-7-16(20)12-19(4)17(13-18)9-8-14(2)15(3)11-17/h14-16H,5-13,18H2,1-4H3. The molecule has 2 rings (SSSR count). The second kappa shape index (κ2) is 6.76. The van der Waals surface area contributed by atoms with E-state index in [1.54, 1.807) is 0 Å². The fraction of sp³-hybridized carbons (Fsp3) is 1.00. The Morgan fingerprint density at radius 1 is 1.25 bits per heavy atom.